The van der Waals surface area contributed by atoms with Crippen LogP contribution in [0.2, 0.25) is 0 Å². The number of ether oxygens (including phenoxy) is 1. The van der Waals surface area contributed by atoms with Gasteiger partial charge in [-0.05, 0) is 44.5 Å². The Morgan fingerprint density at radius 1 is 1.20 bits per heavy atom. The number of sulfonamides is 1. The van der Waals surface area contributed by atoms with Crippen LogP contribution in [0, 0.1) is 0 Å². The molecule has 0 N–H and O–H groups in total. The maximum absolute atomic E-state index is 13.1. The van der Waals surface area contributed by atoms with Gasteiger partial charge in [-0.15, -0.1) is 11.8 Å². The summed E-state index contributed by atoms with van der Waals surface area (Å²) in [7, 11) is -3.62. The summed E-state index contributed by atoms with van der Waals surface area (Å²) in [4.78, 5) is 28.8. The largest absolute Gasteiger partial charge is 0.494 e. The Morgan fingerprint density at radius 2 is 1.87 bits per heavy atom. The first-order chi connectivity index (χ1) is 14.3. The van der Waals surface area contributed by atoms with E-state index >= 15 is 0 Å². The minimum atomic E-state index is -3.62. The van der Waals surface area contributed by atoms with Crippen molar-refractivity contribution >= 4 is 33.6 Å². The van der Waals surface area contributed by atoms with Gasteiger partial charge in [0.2, 0.25) is 21.8 Å². The third-order valence-electron chi connectivity index (χ3n) is 6.05. The van der Waals surface area contributed by atoms with Crippen molar-refractivity contribution in [1.29, 1.82) is 0 Å². The molecule has 1 aromatic carbocycles. The van der Waals surface area contributed by atoms with E-state index in [0.29, 0.717) is 37.6 Å². The van der Waals surface area contributed by atoms with E-state index < -0.39 is 16.1 Å². The molecule has 2 atom stereocenters. The minimum absolute atomic E-state index is 0.0394. The molecule has 8 nitrogen and oxygen atoms in total. The number of amides is 2. The summed E-state index contributed by atoms with van der Waals surface area (Å²) in [6.45, 7) is 5.56. The molecule has 3 aliphatic rings. The second-order valence-electron chi connectivity index (χ2n) is 7.90. The van der Waals surface area contributed by atoms with Crippen LogP contribution in [0.1, 0.15) is 26.7 Å². The van der Waals surface area contributed by atoms with Crippen molar-refractivity contribution in [3.8, 4) is 5.75 Å². The third-order valence-corrected chi connectivity index (χ3v) is 9.47. The van der Waals surface area contributed by atoms with Gasteiger partial charge in [0.05, 0.1) is 16.4 Å². The molecule has 2 amide bonds. The molecule has 0 radical (unpaired) electrons. The second kappa shape index (κ2) is 8.05. The molecule has 3 heterocycles. The molecule has 30 heavy (non-hydrogen) atoms. The van der Waals surface area contributed by atoms with Gasteiger partial charge in [0.1, 0.15) is 11.8 Å². The van der Waals surface area contributed by atoms with E-state index in [1.54, 1.807) is 45.8 Å². The summed E-state index contributed by atoms with van der Waals surface area (Å²) in [5.74, 6) is 1.20. The fourth-order valence-electron chi connectivity index (χ4n) is 4.39. The van der Waals surface area contributed by atoms with Crippen molar-refractivity contribution in [3.05, 3.63) is 24.3 Å². The number of piperazine rings is 1. The molecule has 0 aromatic heterocycles. The topological polar surface area (TPSA) is 87.2 Å². The highest BCUT2D eigenvalue weighted by molar-refractivity contribution is 8.01. The Hall–Kier alpha value is -1.78. The number of hydrogen-bond donors (Lipinski definition) is 0. The summed E-state index contributed by atoms with van der Waals surface area (Å²) in [5.41, 5.74) is 0. The second-order valence-corrected chi connectivity index (χ2v) is 11.3. The highest BCUT2D eigenvalue weighted by Gasteiger charge is 2.53. The SMILES string of the molecule is CCOc1ccc(S(=O)(=O)N2CCN(C(=O)[C@@H]3CS[C@]4(C)CCC(=O)N34)CC2)cc1. The molecule has 3 fully saturated rings. The first-order valence-electron chi connectivity index (χ1n) is 10.2. The predicted molar refractivity (Wildman–Crippen MR) is 114 cm³/mol. The van der Waals surface area contributed by atoms with Crippen LogP contribution in [0.25, 0.3) is 0 Å². The zero-order valence-electron chi connectivity index (χ0n) is 17.2. The van der Waals surface area contributed by atoms with Crippen LogP contribution in [-0.2, 0) is 19.6 Å². The van der Waals surface area contributed by atoms with E-state index in [-0.39, 0.29) is 34.7 Å². The van der Waals surface area contributed by atoms with Crippen molar-refractivity contribution in [2.75, 3.05) is 38.5 Å². The van der Waals surface area contributed by atoms with E-state index in [1.807, 2.05) is 13.8 Å². The maximum atomic E-state index is 13.1. The smallest absolute Gasteiger partial charge is 0.246 e. The van der Waals surface area contributed by atoms with Gasteiger partial charge in [0.15, 0.2) is 0 Å². The van der Waals surface area contributed by atoms with Crippen LogP contribution >= 0.6 is 11.8 Å². The van der Waals surface area contributed by atoms with E-state index in [0.717, 1.165) is 6.42 Å². The fourth-order valence-corrected chi connectivity index (χ4v) is 7.23. The number of carbonyl (C=O) groups is 2. The quantitative estimate of drug-likeness (QED) is 0.669. The molecule has 0 saturated carbocycles. The molecule has 10 heteroatoms. The lowest BCUT2D eigenvalue weighted by Crippen LogP contribution is -2.56. The monoisotopic (exact) mass is 453 g/mol. The van der Waals surface area contributed by atoms with E-state index in [1.165, 1.54) is 4.31 Å². The van der Waals surface area contributed by atoms with Gasteiger partial charge in [0, 0.05) is 38.4 Å². The lowest BCUT2D eigenvalue weighted by molar-refractivity contribution is -0.144. The van der Waals surface area contributed by atoms with Gasteiger partial charge in [-0.2, -0.15) is 4.31 Å². The lowest BCUT2D eigenvalue weighted by atomic mass is 10.2. The normalized spacial score (nSPS) is 27.4. The zero-order chi connectivity index (χ0) is 21.5. The third kappa shape index (κ3) is 3.69. The Balaban J connectivity index is 1.40. The summed E-state index contributed by atoms with van der Waals surface area (Å²) >= 11 is 1.67. The molecule has 0 spiro atoms. The zero-order valence-corrected chi connectivity index (χ0v) is 18.9. The molecule has 0 unspecified atom stereocenters. The number of nitrogens with zero attached hydrogens (tertiary/aromatic N) is 3. The molecule has 164 valence electrons. The molecule has 0 aliphatic carbocycles. The van der Waals surface area contributed by atoms with E-state index in [9.17, 15) is 18.0 Å². The van der Waals surface area contributed by atoms with Crippen LogP contribution in [0.5, 0.6) is 5.75 Å². The molecule has 4 rings (SSSR count). The first kappa shape index (κ1) is 21.5. The molecular formula is C20H27N3O5S2. The molecular weight excluding hydrogens is 426 g/mol. The average molecular weight is 454 g/mol. The summed E-state index contributed by atoms with van der Waals surface area (Å²) in [5, 5.41) is 0. The molecule has 3 saturated heterocycles. The Bertz CT molecular complexity index is 928. The van der Waals surface area contributed by atoms with Crippen molar-refractivity contribution in [2.24, 2.45) is 0 Å². The van der Waals surface area contributed by atoms with Crippen LogP contribution in [0.4, 0.5) is 0 Å². The Morgan fingerprint density at radius 3 is 2.50 bits per heavy atom. The van der Waals surface area contributed by atoms with Gasteiger partial charge in [0.25, 0.3) is 0 Å². The summed E-state index contributed by atoms with van der Waals surface area (Å²) in [6.07, 6.45) is 1.26. The number of thioether (sulfide) groups is 1. The Labute approximate surface area is 181 Å². The number of fused-ring (bicyclic) bond motifs is 1. The van der Waals surface area contributed by atoms with Gasteiger partial charge >= 0.3 is 0 Å². The predicted octanol–water partition coefficient (Wildman–Crippen LogP) is 1.37. The first-order valence-corrected chi connectivity index (χ1v) is 12.7. The maximum Gasteiger partial charge on any atom is 0.246 e. The number of hydrogen-bond acceptors (Lipinski definition) is 6. The van der Waals surface area contributed by atoms with Gasteiger partial charge in [-0.1, -0.05) is 0 Å². The lowest BCUT2D eigenvalue weighted by Gasteiger charge is -2.37. The van der Waals surface area contributed by atoms with Crippen molar-refractivity contribution in [1.82, 2.24) is 14.1 Å². The highest BCUT2D eigenvalue weighted by atomic mass is 32.2. The van der Waals surface area contributed by atoms with E-state index in [4.69, 9.17) is 4.74 Å². The number of rotatable bonds is 5. The van der Waals surface area contributed by atoms with Crippen molar-refractivity contribution < 1.29 is 22.7 Å². The molecule has 3 aliphatic heterocycles. The molecule has 1 aromatic rings. The minimum Gasteiger partial charge on any atom is -0.494 e. The number of carbonyl (C=O) groups excluding carboxylic acids is 2. The summed E-state index contributed by atoms with van der Waals surface area (Å²) < 4.78 is 32.7. The van der Waals surface area contributed by atoms with Crippen molar-refractivity contribution in [2.45, 2.75) is 42.5 Å². The van der Waals surface area contributed by atoms with Crippen LogP contribution < -0.4 is 4.74 Å². The average Bonchev–Trinajstić information content (AvgIpc) is 3.24. The van der Waals surface area contributed by atoms with Crippen LogP contribution in [0.3, 0.4) is 0 Å². The fraction of sp³-hybridized carbons (Fsp3) is 0.600. The number of benzene rings is 1. The van der Waals surface area contributed by atoms with Gasteiger partial charge in [-0.25, -0.2) is 8.42 Å². The standard InChI is InChI=1S/C20H27N3O5S2/c1-3-28-15-4-6-16(7-5-15)30(26,27)22-12-10-21(11-13-22)19(25)17-14-29-20(2)9-8-18(24)23(17)20/h4-7,17H,3,8-14H2,1-2H3/t17-,20+/m0/s1. The Kier molecular flexibility index (Phi) is 5.75. The van der Waals surface area contributed by atoms with Crippen molar-refractivity contribution in [3.63, 3.8) is 0 Å². The molecule has 0 bridgehead atoms. The van der Waals surface area contributed by atoms with Crippen LogP contribution in [0.15, 0.2) is 29.2 Å². The van der Waals surface area contributed by atoms with E-state index in [2.05, 4.69) is 0 Å². The van der Waals surface area contributed by atoms with Gasteiger partial charge < -0.3 is 14.5 Å². The van der Waals surface area contributed by atoms with Crippen LogP contribution in [-0.4, -0.2) is 83.8 Å². The summed E-state index contributed by atoms with van der Waals surface area (Å²) in [6, 6.07) is 5.96. The van der Waals surface area contributed by atoms with Gasteiger partial charge in [-0.3, -0.25) is 9.59 Å². The highest BCUT2D eigenvalue weighted by Crippen LogP contribution is 2.47.